The molecule has 0 atom stereocenters. The molecule has 5 nitrogen and oxygen atoms in total. The Hall–Kier alpha value is -3.28. The van der Waals surface area contributed by atoms with Gasteiger partial charge in [-0.2, -0.15) is 0 Å². The number of amides is 1. The average Bonchev–Trinajstić information content (AvgIpc) is 2.69. The van der Waals surface area contributed by atoms with Gasteiger partial charge >= 0.3 is 0 Å². The molecule has 27 heavy (non-hydrogen) atoms. The van der Waals surface area contributed by atoms with Gasteiger partial charge in [0.1, 0.15) is 5.82 Å². The normalized spacial score (nSPS) is 10.4. The predicted molar refractivity (Wildman–Crippen MR) is 103 cm³/mol. The van der Waals surface area contributed by atoms with E-state index in [1.165, 1.54) is 24.0 Å². The first-order valence-corrected chi connectivity index (χ1v) is 8.75. The maximum Gasteiger partial charge on any atom is 0.254 e. The second-order valence-corrected chi connectivity index (χ2v) is 6.23. The van der Waals surface area contributed by atoms with Crippen molar-refractivity contribution >= 4 is 11.9 Å². The molecule has 3 rings (SSSR count). The monoisotopic (exact) mass is 364 g/mol. The molecule has 0 fully saturated rings. The Balaban J connectivity index is 1.48. The molecule has 0 bridgehead atoms. The number of hydrogen-bond donors (Lipinski definition) is 2. The summed E-state index contributed by atoms with van der Waals surface area (Å²) in [7, 11) is 0. The summed E-state index contributed by atoms with van der Waals surface area (Å²) in [6.07, 6.45) is 3.47. The molecule has 1 amide bonds. The number of rotatable bonds is 7. The zero-order chi connectivity index (χ0) is 19.1. The number of aromatic nitrogens is 2. The van der Waals surface area contributed by atoms with Crippen LogP contribution in [0.25, 0.3) is 0 Å². The molecule has 0 aliphatic heterocycles. The van der Waals surface area contributed by atoms with E-state index < -0.39 is 0 Å². The predicted octanol–water partition coefficient (Wildman–Crippen LogP) is 3.51. The maximum atomic E-state index is 13.6. The van der Waals surface area contributed by atoms with Gasteiger partial charge < -0.3 is 10.6 Å². The van der Waals surface area contributed by atoms with Crippen molar-refractivity contribution < 1.29 is 9.18 Å². The molecule has 0 aliphatic carbocycles. The van der Waals surface area contributed by atoms with Crippen LogP contribution in [-0.2, 0) is 13.0 Å². The first kappa shape index (κ1) is 18.5. The molecule has 0 saturated carbocycles. The van der Waals surface area contributed by atoms with E-state index in [-0.39, 0.29) is 11.7 Å². The van der Waals surface area contributed by atoms with Crippen molar-refractivity contribution in [2.45, 2.75) is 19.9 Å². The Bertz CT molecular complexity index is 895. The van der Waals surface area contributed by atoms with Crippen LogP contribution in [0.4, 0.5) is 10.3 Å². The molecule has 6 heteroatoms. The number of anilines is 1. The summed E-state index contributed by atoms with van der Waals surface area (Å²) in [4.78, 5) is 20.5. The number of carbonyl (C=O) groups is 1. The Morgan fingerprint density at radius 1 is 1.04 bits per heavy atom. The van der Waals surface area contributed by atoms with E-state index in [0.29, 0.717) is 36.6 Å². The number of halogens is 1. The van der Waals surface area contributed by atoms with Gasteiger partial charge in [0, 0.05) is 25.5 Å². The van der Waals surface area contributed by atoms with Gasteiger partial charge in [0.15, 0.2) is 0 Å². The van der Waals surface area contributed by atoms with Crippen molar-refractivity contribution in [2.75, 3.05) is 11.9 Å². The fourth-order valence-corrected chi connectivity index (χ4v) is 2.54. The van der Waals surface area contributed by atoms with Crippen LogP contribution in [-0.4, -0.2) is 22.4 Å². The SMILES string of the molecule is Cc1ccc(CNC(=O)c2cnc(NCCc3ccccc3F)nc2)cc1. The number of nitrogens with one attached hydrogen (secondary N) is 2. The van der Waals surface area contributed by atoms with Gasteiger partial charge in [0.25, 0.3) is 5.91 Å². The summed E-state index contributed by atoms with van der Waals surface area (Å²) in [6, 6.07) is 14.6. The zero-order valence-corrected chi connectivity index (χ0v) is 15.1. The molecule has 0 spiro atoms. The van der Waals surface area contributed by atoms with E-state index in [4.69, 9.17) is 0 Å². The number of nitrogens with zero attached hydrogens (tertiary/aromatic N) is 2. The van der Waals surface area contributed by atoms with Gasteiger partial charge in [0.2, 0.25) is 5.95 Å². The smallest absolute Gasteiger partial charge is 0.254 e. The highest BCUT2D eigenvalue weighted by atomic mass is 19.1. The summed E-state index contributed by atoms with van der Waals surface area (Å²) in [6.45, 7) is 2.97. The Kier molecular flexibility index (Phi) is 6.10. The van der Waals surface area contributed by atoms with Crippen LogP contribution in [0.2, 0.25) is 0 Å². The molecule has 2 aromatic carbocycles. The van der Waals surface area contributed by atoms with Crippen molar-refractivity contribution in [3.63, 3.8) is 0 Å². The average molecular weight is 364 g/mol. The summed E-state index contributed by atoms with van der Waals surface area (Å²) in [5.74, 6) is -0.0456. The fraction of sp³-hybridized carbons (Fsp3) is 0.190. The highest BCUT2D eigenvalue weighted by Crippen LogP contribution is 2.08. The Labute approximate surface area is 157 Å². The molecule has 0 unspecified atom stereocenters. The number of aryl methyl sites for hydroxylation is 1. The maximum absolute atomic E-state index is 13.6. The largest absolute Gasteiger partial charge is 0.354 e. The second kappa shape index (κ2) is 8.89. The number of benzene rings is 2. The first-order valence-electron chi connectivity index (χ1n) is 8.75. The topological polar surface area (TPSA) is 66.9 Å². The molecule has 1 heterocycles. The van der Waals surface area contributed by atoms with Crippen molar-refractivity contribution in [3.05, 3.63) is 89.0 Å². The minimum Gasteiger partial charge on any atom is -0.354 e. The standard InChI is InChI=1S/C21H21FN4O/c1-15-6-8-16(9-7-15)12-24-20(27)18-13-25-21(26-14-18)23-11-10-17-4-2-3-5-19(17)22/h2-9,13-14H,10-12H2,1H3,(H,24,27)(H,23,25,26). The first-order chi connectivity index (χ1) is 13.1. The summed E-state index contributed by atoms with van der Waals surface area (Å²) < 4.78 is 13.6. The van der Waals surface area contributed by atoms with Crippen LogP contribution < -0.4 is 10.6 Å². The van der Waals surface area contributed by atoms with E-state index in [2.05, 4.69) is 20.6 Å². The molecule has 0 aliphatic rings. The van der Waals surface area contributed by atoms with E-state index in [0.717, 1.165) is 5.56 Å². The lowest BCUT2D eigenvalue weighted by molar-refractivity contribution is 0.0950. The van der Waals surface area contributed by atoms with Crippen molar-refractivity contribution in [1.29, 1.82) is 0 Å². The van der Waals surface area contributed by atoms with Crippen molar-refractivity contribution in [2.24, 2.45) is 0 Å². The van der Waals surface area contributed by atoms with Gasteiger partial charge in [-0.3, -0.25) is 4.79 Å². The molecule has 3 aromatic rings. The van der Waals surface area contributed by atoms with E-state index >= 15 is 0 Å². The molecule has 138 valence electrons. The molecule has 2 N–H and O–H groups in total. The van der Waals surface area contributed by atoms with E-state index in [9.17, 15) is 9.18 Å². The Morgan fingerprint density at radius 2 is 1.74 bits per heavy atom. The highest BCUT2D eigenvalue weighted by molar-refractivity contribution is 5.93. The lowest BCUT2D eigenvalue weighted by Crippen LogP contribution is -2.23. The number of hydrogen-bond acceptors (Lipinski definition) is 4. The zero-order valence-electron chi connectivity index (χ0n) is 15.1. The molecule has 0 radical (unpaired) electrons. The summed E-state index contributed by atoms with van der Waals surface area (Å²) in [5, 5.41) is 5.87. The molecule has 0 saturated heterocycles. The summed E-state index contributed by atoms with van der Waals surface area (Å²) >= 11 is 0. The minimum absolute atomic E-state index is 0.221. The molecular weight excluding hydrogens is 343 g/mol. The second-order valence-electron chi connectivity index (χ2n) is 6.23. The van der Waals surface area contributed by atoms with Crippen LogP contribution in [0, 0.1) is 12.7 Å². The van der Waals surface area contributed by atoms with Gasteiger partial charge in [0.05, 0.1) is 5.56 Å². The van der Waals surface area contributed by atoms with Crippen LogP contribution in [0.1, 0.15) is 27.0 Å². The lowest BCUT2D eigenvalue weighted by Gasteiger charge is -2.07. The third-order valence-electron chi connectivity index (χ3n) is 4.12. The van der Waals surface area contributed by atoms with E-state index in [1.54, 1.807) is 18.2 Å². The minimum atomic E-state index is -0.228. The molecule has 1 aromatic heterocycles. The number of carbonyl (C=O) groups excluding carboxylic acids is 1. The van der Waals surface area contributed by atoms with Crippen LogP contribution in [0.3, 0.4) is 0 Å². The Morgan fingerprint density at radius 3 is 2.44 bits per heavy atom. The van der Waals surface area contributed by atoms with Gasteiger partial charge in [-0.05, 0) is 30.5 Å². The lowest BCUT2D eigenvalue weighted by atomic mass is 10.1. The third-order valence-corrected chi connectivity index (χ3v) is 4.12. The van der Waals surface area contributed by atoms with Crippen LogP contribution in [0.5, 0.6) is 0 Å². The third kappa shape index (κ3) is 5.34. The van der Waals surface area contributed by atoms with Gasteiger partial charge in [-0.25, -0.2) is 14.4 Å². The van der Waals surface area contributed by atoms with Crippen molar-refractivity contribution in [3.8, 4) is 0 Å². The van der Waals surface area contributed by atoms with Gasteiger partial charge in [-0.15, -0.1) is 0 Å². The quantitative estimate of drug-likeness (QED) is 0.673. The fourth-order valence-electron chi connectivity index (χ4n) is 2.54. The van der Waals surface area contributed by atoms with E-state index in [1.807, 2.05) is 31.2 Å². The van der Waals surface area contributed by atoms with Crippen LogP contribution >= 0.6 is 0 Å². The molecular formula is C21H21FN4O. The summed E-state index contributed by atoms with van der Waals surface area (Å²) in [5.41, 5.74) is 3.23. The van der Waals surface area contributed by atoms with Gasteiger partial charge in [-0.1, -0.05) is 48.0 Å². The van der Waals surface area contributed by atoms with Crippen LogP contribution in [0.15, 0.2) is 60.9 Å². The highest BCUT2D eigenvalue weighted by Gasteiger charge is 2.07. The van der Waals surface area contributed by atoms with Crippen molar-refractivity contribution in [1.82, 2.24) is 15.3 Å².